The van der Waals surface area contributed by atoms with Gasteiger partial charge in [0.15, 0.2) is 0 Å². The molecule has 2 aromatic rings. The molecular weight excluding hydrogens is 330 g/mol. The number of hydrogen-bond acceptors (Lipinski definition) is 3. The second kappa shape index (κ2) is 9.27. The standard InChI is InChI=1S/C20H29N3O3/c1-20(2,3)26-19(25)22-13-9-5-4-8-12-21-18(24)17-14-15-10-6-7-11-16(15)23-17/h6-7,10-11,14,23H,4-5,8-9,12-13H2,1-3H3,(H,21,24)(H,22,25). The van der Waals surface area contributed by atoms with E-state index in [1.807, 2.05) is 51.1 Å². The summed E-state index contributed by atoms with van der Waals surface area (Å²) in [6.45, 7) is 6.79. The van der Waals surface area contributed by atoms with Gasteiger partial charge in [-0.3, -0.25) is 4.79 Å². The van der Waals surface area contributed by atoms with Crippen molar-refractivity contribution in [1.29, 1.82) is 0 Å². The molecular formula is C20H29N3O3. The Kier molecular flexibility index (Phi) is 7.06. The second-order valence-corrected chi connectivity index (χ2v) is 7.37. The molecule has 0 radical (unpaired) electrons. The first-order valence-corrected chi connectivity index (χ1v) is 9.18. The number of carbonyl (C=O) groups excluding carboxylic acids is 2. The summed E-state index contributed by atoms with van der Waals surface area (Å²) in [5, 5.41) is 6.72. The van der Waals surface area contributed by atoms with Crippen LogP contribution in [-0.2, 0) is 4.74 Å². The number of alkyl carbamates (subject to hydrolysis) is 1. The molecule has 0 atom stereocenters. The summed E-state index contributed by atoms with van der Waals surface area (Å²) in [7, 11) is 0. The number of unbranched alkanes of at least 4 members (excludes halogenated alkanes) is 3. The SMILES string of the molecule is CC(C)(C)OC(=O)NCCCCCCNC(=O)c1cc2ccccc2[nH]1. The molecule has 1 aromatic heterocycles. The number of fused-ring (bicyclic) bond motifs is 1. The van der Waals surface area contributed by atoms with Crippen LogP contribution in [0.2, 0.25) is 0 Å². The van der Waals surface area contributed by atoms with Crippen LogP contribution in [0.25, 0.3) is 10.9 Å². The first kappa shape index (κ1) is 19.8. The number of benzene rings is 1. The van der Waals surface area contributed by atoms with Crippen molar-refractivity contribution in [2.24, 2.45) is 0 Å². The summed E-state index contributed by atoms with van der Waals surface area (Å²) in [4.78, 5) is 26.7. The van der Waals surface area contributed by atoms with Gasteiger partial charge in [0.25, 0.3) is 5.91 Å². The van der Waals surface area contributed by atoms with Crippen LogP contribution >= 0.6 is 0 Å². The van der Waals surface area contributed by atoms with Gasteiger partial charge in [-0.05, 0) is 45.7 Å². The van der Waals surface area contributed by atoms with Gasteiger partial charge in [0.1, 0.15) is 11.3 Å². The number of amides is 2. The van der Waals surface area contributed by atoms with Gasteiger partial charge in [-0.15, -0.1) is 0 Å². The molecule has 0 spiro atoms. The lowest BCUT2D eigenvalue weighted by Crippen LogP contribution is -2.33. The van der Waals surface area contributed by atoms with Crippen LogP contribution in [-0.4, -0.2) is 35.7 Å². The lowest BCUT2D eigenvalue weighted by atomic mass is 10.2. The summed E-state index contributed by atoms with van der Waals surface area (Å²) >= 11 is 0. The van der Waals surface area contributed by atoms with E-state index < -0.39 is 5.60 Å². The third kappa shape index (κ3) is 6.78. The molecule has 0 saturated carbocycles. The monoisotopic (exact) mass is 359 g/mol. The number of aromatic nitrogens is 1. The summed E-state index contributed by atoms with van der Waals surface area (Å²) in [6.07, 6.45) is 3.44. The number of H-pyrrole nitrogens is 1. The van der Waals surface area contributed by atoms with Crippen molar-refractivity contribution < 1.29 is 14.3 Å². The Hall–Kier alpha value is -2.50. The van der Waals surface area contributed by atoms with Gasteiger partial charge >= 0.3 is 6.09 Å². The van der Waals surface area contributed by atoms with Crippen molar-refractivity contribution in [3.8, 4) is 0 Å². The number of para-hydroxylation sites is 1. The number of ether oxygens (including phenoxy) is 1. The van der Waals surface area contributed by atoms with E-state index in [0.29, 0.717) is 18.8 Å². The Labute approximate surface area is 154 Å². The van der Waals surface area contributed by atoms with E-state index in [9.17, 15) is 9.59 Å². The Morgan fingerprint density at radius 2 is 1.65 bits per heavy atom. The first-order chi connectivity index (χ1) is 12.3. The molecule has 0 aliphatic carbocycles. The van der Waals surface area contributed by atoms with Crippen molar-refractivity contribution >= 4 is 22.9 Å². The normalized spacial score (nSPS) is 11.3. The maximum Gasteiger partial charge on any atom is 0.407 e. The molecule has 142 valence electrons. The van der Waals surface area contributed by atoms with E-state index >= 15 is 0 Å². The van der Waals surface area contributed by atoms with Crippen LogP contribution in [0.1, 0.15) is 56.9 Å². The fourth-order valence-electron chi connectivity index (χ4n) is 2.60. The molecule has 1 heterocycles. The number of rotatable bonds is 8. The maximum atomic E-state index is 12.1. The largest absolute Gasteiger partial charge is 0.444 e. The van der Waals surface area contributed by atoms with Gasteiger partial charge in [-0.2, -0.15) is 0 Å². The molecule has 2 rings (SSSR count). The minimum atomic E-state index is -0.465. The second-order valence-electron chi connectivity index (χ2n) is 7.37. The zero-order valence-corrected chi connectivity index (χ0v) is 15.9. The topological polar surface area (TPSA) is 83.2 Å². The number of nitrogens with one attached hydrogen (secondary N) is 3. The quantitative estimate of drug-likeness (QED) is 0.623. The predicted octanol–water partition coefficient (Wildman–Crippen LogP) is 3.98. The highest BCUT2D eigenvalue weighted by Gasteiger charge is 2.15. The third-order valence-corrected chi connectivity index (χ3v) is 3.83. The van der Waals surface area contributed by atoms with Gasteiger partial charge in [0, 0.05) is 24.0 Å². The Morgan fingerprint density at radius 3 is 2.31 bits per heavy atom. The van der Waals surface area contributed by atoms with Gasteiger partial charge in [-0.1, -0.05) is 31.0 Å². The molecule has 0 aliphatic heterocycles. The minimum Gasteiger partial charge on any atom is -0.444 e. The summed E-state index contributed by atoms with van der Waals surface area (Å²) in [5.41, 5.74) is 1.09. The highest BCUT2D eigenvalue weighted by molar-refractivity contribution is 5.97. The van der Waals surface area contributed by atoms with E-state index in [1.54, 1.807) is 0 Å². The minimum absolute atomic E-state index is 0.0761. The number of hydrogen-bond donors (Lipinski definition) is 3. The zero-order chi connectivity index (χ0) is 19.0. The van der Waals surface area contributed by atoms with Crippen LogP contribution in [0.4, 0.5) is 4.79 Å². The zero-order valence-electron chi connectivity index (χ0n) is 15.9. The van der Waals surface area contributed by atoms with Crippen molar-refractivity contribution in [2.75, 3.05) is 13.1 Å². The van der Waals surface area contributed by atoms with Crippen LogP contribution in [0.15, 0.2) is 30.3 Å². The number of aromatic amines is 1. The van der Waals surface area contributed by atoms with E-state index in [-0.39, 0.29) is 12.0 Å². The van der Waals surface area contributed by atoms with Crippen molar-refractivity contribution in [3.05, 3.63) is 36.0 Å². The molecule has 6 heteroatoms. The lowest BCUT2D eigenvalue weighted by molar-refractivity contribution is 0.0526. The molecule has 0 bridgehead atoms. The van der Waals surface area contributed by atoms with E-state index in [1.165, 1.54) is 0 Å². The molecule has 0 aliphatic rings. The van der Waals surface area contributed by atoms with Gasteiger partial charge in [-0.25, -0.2) is 4.79 Å². The third-order valence-electron chi connectivity index (χ3n) is 3.83. The lowest BCUT2D eigenvalue weighted by Gasteiger charge is -2.19. The van der Waals surface area contributed by atoms with E-state index in [0.717, 1.165) is 36.6 Å². The van der Waals surface area contributed by atoms with Gasteiger partial charge < -0.3 is 20.4 Å². The van der Waals surface area contributed by atoms with Crippen LogP contribution in [0, 0.1) is 0 Å². The fourth-order valence-corrected chi connectivity index (χ4v) is 2.60. The van der Waals surface area contributed by atoms with Gasteiger partial charge in [0.2, 0.25) is 0 Å². The van der Waals surface area contributed by atoms with Crippen molar-refractivity contribution in [1.82, 2.24) is 15.6 Å². The number of carbonyl (C=O) groups is 2. The van der Waals surface area contributed by atoms with Crippen LogP contribution in [0.5, 0.6) is 0 Å². The highest BCUT2D eigenvalue weighted by atomic mass is 16.6. The van der Waals surface area contributed by atoms with E-state index in [2.05, 4.69) is 15.6 Å². The molecule has 0 fully saturated rings. The van der Waals surface area contributed by atoms with Crippen LogP contribution in [0.3, 0.4) is 0 Å². The average Bonchev–Trinajstić information content (AvgIpc) is 2.99. The molecule has 26 heavy (non-hydrogen) atoms. The smallest absolute Gasteiger partial charge is 0.407 e. The fraction of sp³-hybridized carbons (Fsp3) is 0.500. The van der Waals surface area contributed by atoms with Crippen LogP contribution < -0.4 is 10.6 Å². The summed E-state index contributed by atoms with van der Waals surface area (Å²) < 4.78 is 5.17. The molecule has 1 aromatic carbocycles. The Balaban J connectivity index is 1.54. The molecule has 3 N–H and O–H groups in total. The molecule has 2 amide bonds. The maximum absolute atomic E-state index is 12.1. The first-order valence-electron chi connectivity index (χ1n) is 9.18. The highest BCUT2D eigenvalue weighted by Crippen LogP contribution is 2.14. The van der Waals surface area contributed by atoms with E-state index in [4.69, 9.17) is 4.74 Å². The predicted molar refractivity (Wildman–Crippen MR) is 103 cm³/mol. The molecule has 0 saturated heterocycles. The summed E-state index contributed by atoms with van der Waals surface area (Å²) in [5.74, 6) is -0.0761. The van der Waals surface area contributed by atoms with Crippen molar-refractivity contribution in [2.45, 2.75) is 52.1 Å². The van der Waals surface area contributed by atoms with Gasteiger partial charge in [0.05, 0.1) is 0 Å². The summed E-state index contributed by atoms with van der Waals surface area (Å²) in [6, 6.07) is 9.70. The Bertz CT molecular complexity index is 698. The Morgan fingerprint density at radius 1 is 1.00 bits per heavy atom. The van der Waals surface area contributed by atoms with Crippen molar-refractivity contribution in [3.63, 3.8) is 0 Å². The molecule has 0 unspecified atom stereocenters. The molecule has 6 nitrogen and oxygen atoms in total. The average molecular weight is 359 g/mol.